The minimum absolute atomic E-state index is 0.0245. The third-order valence-electron chi connectivity index (χ3n) is 2.75. The number of hydrogen-bond acceptors (Lipinski definition) is 4. The van der Waals surface area contributed by atoms with E-state index in [0.717, 1.165) is 0 Å². The summed E-state index contributed by atoms with van der Waals surface area (Å²) in [7, 11) is 1.76. The van der Waals surface area contributed by atoms with E-state index >= 15 is 0 Å². The molecule has 1 aromatic heterocycles. The molecule has 5 nitrogen and oxygen atoms in total. The number of carbonyl (C=O) groups is 1. The Balaban J connectivity index is 2.30. The van der Waals surface area contributed by atoms with Gasteiger partial charge in [0.1, 0.15) is 16.9 Å². The van der Waals surface area contributed by atoms with Crippen LogP contribution in [0.5, 0.6) is 0 Å². The second-order valence-electron chi connectivity index (χ2n) is 3.84. The van der Waals surface area contributed by atoms with E-state index in [1.807, 2.05) is 6.07 Å². The first-order valence-electron chi connectivity index (χ1n) is 5.17. The summed E-state index contributed by atoms with van der Waals surface area (Å²) >= 11 is 6.07. The average molecular weight is 251 g/mol. The fourth-order valence-electron chi connectivity index (χ4n) is 1.68. The van der Waals surface area contributed by atoms with Crippen LogP contribution in [0.2, 0.25) is 5.02 Å². The Morgan fingerprint density at radius 2 is 2.29 bits per heavy atom. The van der Waals surface area contributed by atoms with E-state index in [9.17, 15) is 4.79 Å². The summed E-state index contributed by atoms with van der Waals surface area (Å²) in [4.78, 5) is 19.2. The normalized spacial score (nSPS) is 15.9. The molecule has 2 heterocycles. The zero-order valence-electron chi connectivity index (χ0n) is 9.35. The number of amides is 1. The van der Waals surface area contributed by atoms with E-state index in [4.69, 9.17) is 16.9 Å². The van der Waals surface area contributed by atoms with E-state index in [0.29, 0.717) is 29.5 Å². The average Bonchev–Trinajstić information content (AvgIpc) is 2.33. The SMILES string of the molecule is CN1CCN(c2nccc(C#N)c2Cl)CC1=O. The van der Waals surface area contributed by atoms with Crippen molar-refractivity contribution in [2.45, 2.75) is 0 Å². The summed E-state index contributed by atoms with van der Waals surface area (Å²) in [6, 6.07) is 3.56. The van der Waals surface area contributed by atoms with Gasteiger partial charge >= 0.3 is 0 Å². The maximum atomic E-state index is 11.6. The van der Waals surface area contributed by atoms with Crippen LogP contribution in [0.15, 0.2) is 12.3 Å². The molecule has 0 bridgehead atoms. The monoisotopic (exact) mass is 250 g/mol. The van der Waals surface area contributed by atoms with E-state index < -0.39 is 0 Å². The van der Waals surface area contributed by atoms with Crippen molar-refractivity contribution in [3.8, 4) is 6.07 Å². The van der Waals surface area contributed by atoms with Crippen molar-refractivity contribution in [1.29, 1.82) is 5.26 Å². The maximum absolute atomic E-state index is 11.6. The van der Waals surface area contributed by atoms with Crippen molar-refractivity contribution in [3.63, 3.8) is 0 Å². The molecule has 88 valence electrons. The van der Waals surface area contributed by atoms with Crippen LogP contribution in [0.3, 0.4) is 0 Å². The van der Waals surface area contributed by atoms with Gasteiger partial charge in [-0.05, 0) is 6.07 Å². The fourth-order valence-corrected chi connectivity index (χ4v) is 1.95. The lowest BCUT2D eigenvalue weighted by molar-refractivity contribution is -0.129. The molecule has 0 saturated carbocycles. The topological polar surface area (TPSA) is 60.2 Å². The third kappa shape index (κ3) is 2.17. The lowest BCUT2D eigenvalue weighted by atomic mass is 10.2. The number of likely N-dealkylation sites (N-methyl/N-ethyl adjacent to an activating group) is 1. The zero-order valence-corrected chi connectivity index (χ0v) is 10.1. The quantitative estimate of drug-likeness (QED) is 0.743. The van der Waals surface area contributed by atoms with Crippen LogP contribution in [0.25, 0.3) is 0 Å². The lowest BCUT2D eigenvalue weighted by Gasteiger charge is -2.33. The summed E-state index contributed by atoms with van der Waals surface area (Å²) in [5.74, 6) is 0.531. The van der Waals surface area contributed by atoms with Gasteiger partial charge in [-0.15, -0.1) is 0 Å². The van der Waals surface area contributed by atoms with Crippen LogP contribution in [-0.2, 0) is 4.79 Å². The molecule has 0 radical (unpaired) electrons. The van der Waals surface area contributed by atoms with Crippen molar-refractivity contribution in [3.05, 3.63) is 22.8 Å². The summed E-state index contributed by atoms with van der Waals surface area (Å²) in [5.41, 5.74) is 0.378. The Kier molecular flexibility index (Phi) is 3.16. The minimum Gasteiger partial charge on any atom is -0.344 e. The minimum atomic E-state index is 0.0245. The van der Waals surface area contributed by atoms with Crippen LogP contribution < -0.4 is 4.90 Å². The van der Waals surface area contributed by atoms with Gasteiger partial charge in [-0.3, -0.25) is 4.79 Å². The summed E-state index contributed by atoms with van der Waals surface area (Å²) in [6.45, 7) is 1.55. The number of rotatable bonds is 1. The Morgan fingerprint density at radius 1 is 1.53 bits per heavy atom. The predicted molar refractivity (Wildman–Crippen MR) is 63.8 cm³/mol. The number of piperazine rings is 1. The van der Waals surface area contributed by atoms with Crippen LogP contribution in [0.4, 0.5) is 5.82 Å². The number of pyridine rings is 1. The zero-order chi connectivity index (χ0) is 12.4. The number of halogens is 1. The number of carbonyl (C=O) groups excluding carboxylic acids is 1. The molecule has 0 unspecified atom stereocenters. The fraction of sp³-hybridized carbons (Fsp3) is 0.364. The lowest BCUT2D eigenvalue weighted by Crippen LogP contribution is -2.49. The van der Waals surface area contributed by atoms with Gasteiger partial charge in [0.2, 0.25) is 5.91 Å². The number of hydrogen-bond donors (Lipinski definition) is 0. The van der Waals surface area contributed by atoms with Gasteiger partial charge in [0.25, 0.3) is 0 Å². The Bertz CT molecular complexity index is 497. The number of anilines is 1. The highest BCUT2D eigenvalue weighted by atomic mass is 35.5. The standard InChI is InChI=1S/C11H11ClN4O/c1-15-4-5-16(7-9(15)17)11-10(12)8(6-13)2-3-14-11/h2-3H,4-5,7H2,1H3. The van der Waals surface area contributed by atoms with Crippen LogP contribution in [0.1, 0.15) is 5.56 Å². The summed E-state index contributed by atoms with van der Waals surface area (Å²) in [5, 5.41) is 9.19. The van der Waals surface area contributed by atoms with Gasteiger partial charge in [-0.1, -0.05) is 11.6 Å². The van der Waals surface area contributed by atoms with Crippen molar-refractivity contribution in [2.75, 3.05) is 31.6 Å². The second kappa shape index (κ2) is 4.60. The van der Waals surface area contributed by atoms with E-state index in [2.05, 4.69) is 4.98 Å². The molecule has 0 atom stereocenters. The van der Waals surface area contributed by atoms with Crippen LogP contribution in [0, 0.1) is 11.3 Å². The van der Waals surface area contributed by atoms with Gasteiger partial charge in [0.15, 0.2) is 0 Å². The summed E-state index contributed by atoms with van der Waals surface area (Å²) < 4.78 is 0. The first-order valence-corrected chi connectivity index (χ1v) is 5.55. The van der Waals surface area contributed by atoms with Crippen LogP contribution in [-0.4, -0.2) is 42.5 Å². The van der Waals surface area contributed by atoms with E-state index in [1.54, 1.807) is 22.9 Å². The predicted octanol–water partition coefficient (Wildman–Crippen LogP) is 0.885. The van der Waals surface area contributed by atoms with E-state index in [-0.39, 0.29) is 12.5 Å². The van der Waals surface area contributed by atoms with Crippen molar-refractivity contribution in [1.82, 2.24) is 9.88 Å². The smallest absolute Gasteiger partial charge is 0.241 e. The highest BCUT2D eigenvalue weighted by Gasteiger charge is 2.24. The molecule has 1 aromatic rings. The first-order chi connectivity index (χ1) is 8.13. The van der Waals surface area contributed by atoms with Crippen molar-refractivity contribution >= 4 is 23.3 Å². The maximum Gasteiger partial charge on any atom is 0.241 e. The molecule has 1 aliphatic heterocycles. The number of nitriles is 1. The van der Waals surface area contributed by atoms with Gasteiger partial charge in [-0.2, -0.15) is 5.26 Å². The molecule has 17 heavy (non-hydrogen) atoms. The molecule has 0 aliphatic carbocycles. The largest absolute Gasteiger partial charge is 0.344 e. The first kappa shape index (κ1) is 11.7. The molecule has 1 amide bonds. The highest BCUT2D eigenvalue weighted by Crippen LogP contribution is 2.27. The molecular weight excluding hydrogens is 240 g/mol. The highest BCUT2D eigenvalue weighted by molar-refractivity contribution is 6.34. The van der Waals surface area contributed by atoms with Gasteiger partial charge in [0.05, 0.1) is 12.1 Å². The van der Waals surface area contributed by atoms with Crippen molar-refractivity contribution < 1.29 is 4.79 Å². The molecule has 0 spiro atoms. The number of nitrogens with zero attached hydrogens (tertiary/aromatic N) is 4. The molecule has 0 N–H and O–H groups in total. The molecule has 2 rings (SSSR count). The van der Waals surface area contributed by atoms with Crippen LogP contribution >= 0.6 is 11.6 Å². The van der Waals surface area contributed by atoms with Gasteiger partial charge in [0, 0.05) is 26.3 Å². The third-order valence-corrected chi connectivity index (χ3v) is 3.12. The molecule has 1 saturated heterocycles. The molecule has 1 fully saturated rings. The molecule has 1 aliphatic rings. The van der Waals surface area contributed by atoms with Crippen molar-refractivity contribution in [2.24, 2.45) is 0 Å². The molecule has 6 heteroatoms. The second-order valence-corrected chi connectivity index (χ2v) is 4.22. The van der Waals surface area contributed by atoms with Gasteiger partial charge in [-0.25, -0.2) is 4.98 Å². The molecule has 0 aromatic carbocycles. The van der Waals surface area contributed by atoms with Gasteiger partial charge < -0.3 is 9.80 Å². The molecular formula is C11H11ClN4O. The Hall–Kier alpha value is -1.80. The Morgan fingerprint density at radius 3 is 2.94 bits per heavy atom. The van der Waals surface area contributed by atoms with E-state index in [1.165, 1.54) is 6.20 Å². The number of aromatic nitrogens is 1. The Labute approximate surface area is 104 Å². The summed E-state index contributed by atoms with van der Waals surface area (Å²) in [6.07, 6.45) is 1.53.